The zero-order valence-electron chi connectivity index (χ0n) is 15.9. The van der Waals surface area contributed by atoms with Gasteiger partial charge in [-0.2, -0.15) is 0 Å². The van der Waals surface area contributed by atoms with Crippen molar-refractivity contribution in [1.29, 1.82) is 0 Å². The van der Waals surface area contributed by atoms with E-state index in [4.69, 9.17) is 9.47 Å². The maximum Gasteiger partial charge on any atom is 0.240 e. The van der Waals surface area contributed by atoms with Crippen molar-refractivity contribution in [3.05, 3.63) is 53.1 Å². The third-order valence-electron chi connectivity index (χ3n) is 4.36. The van der Waals surface area contributed by atoms with Crippen LogP contribution in [0.25, 0.3) is 0 Å². The molecule has 0 aliphatic carbocycles. The summed E-state index contributed by atoms with van der Waals surface area (Å²) in [6.07, 6.45) is 0.0503. The van der Waals surface area contributed by atoms with Gasteiger partial charge in [-0.25, -0.2) is 13.1 Å². The molecule has 0 bridgehead atoms. The number of ether oxygens (including phenoxy) is 2. The second kappa shape index (κ2) is 8.62. The maximum atomic E-state index is 12.4. The molecule has 0 spiro atoms. The molecule has 0 radical (unpaired) electrons. The van der Waals surface area contributed by atoms with Crippen molar-refractivity contribution in [2.45, 2.75) is 31.7 Å². The number of hydrogen-bond acceptors (Lipinski definition) is 5. The predicted octanol–water partition coefficient (Wildman–Crippen LogP) is 2.06. The molecule has 0 saturated heterocycles. The molecular formula is C20H24N2O5S. The minimum Gasteiger partial charge on any atom is -0.486 e. The molecule has 1 heterocycles. The average Bonchev–Trinajstić information content (AvgIpc) is 2.65. The van der Waals surface area contributed by atoms with Gasteiger partial charge in [0.05, 0.1) is 4.90 Å². The molecule has 2 N–H and O–H groups in total. The van der Waals surface area contributed by atoms with Crippen molar-refractivity contribution in [3.8, 4) is 11.5 Å². The maximum absolute atomic E-state index is 12.4. The summed E-state index contributed by atoms with van der Waals surface area (Å²) in [5, 5.41) is 2.78. The smallest absolute Gasteiger partial charge is 0.240 e. The summed E-state index contributed by atoms with van der Waals surface area (Å²) in [7, 11) is -3.64. The van der Waals surface area contributed by atoms with Crippen molar-refractivity contribution in [2.75, 3.05) is 19.8 Å². The van der Waals surface area contributed by atoms with E-state index in [-0.39, 0.29) is 23.8 Å². The Morgan fingerprint density at radius 2 is 1.79 bits per heavy atom. The van der Waals surface area contributed by atoms with Crippen LogP contribution in [0.3, 0.4) is 0 Å². The van der Waals surface area contributed by atoms with Gasteiger partial charge in [0, 0.05) is 19.5 Å². The lowest BCUT2D eigenvalue weighted by Gasteiger charge is -2.19. The normalized spacial score (nSPS) is 13.2. The molecule has 1 aliphatic rings. The van der Waals surface area contributed by atoms with Crippen LogP contribution >= 0.6 is 0 Å². The molecule has 0 atom stereocenters. The van der Waals surface area contributed by atoms with Gasteiger partial charge < -0.3 is 14.8 Å². The highest BCUT2D eigenvalue weighted by molar-refractivity contribution is 7.89. The van der Waals surface area contributed by atoms with E-state index >= 15 is 0 Å². The Hall–Kier alpha value is -2.58. The zero-order chi connectivity index (χ0) is 20.1. The first-order valence-corrected chi connectivity index (χ1v) is 10.6. The van der Waals surface area contributed by atoms with Gasteiger partial charge in [0.2, 0.25) is 15.9 Å². The molecule has 3 rings (SSSR count). The number of carbonyl (C=O) groups is 1. The van der Waals surface area contributed by atoms with E-state index < -0.39 is 10.0 Å². The van der Waals surface area contributed by atoms with E-state index in [2.05, 4.69) is 10.0 Å². The topological polar surface area (TPSA) is 93.7 Å². The largest absolute Gasteiger partial charge is 0.486 e. The van der Waals surface area contributed by atoms with Crippen molar-refractivity contribution in [2.24, 2.45) is 0 Å². The van der Waals surface area contributed by atoms with Crippen LogP contribution in [0, 0.1) is 13.8 Å². The van der Waals surface area contributed by atoms with Gasteiger partial charge in [0.1, 0.15) is 13.2 Å². The predicted molar refractivity (Wildman–Crippen MR) is 105 cm³/mol. The number of sulfonamides is 1. The Morgan fingerprint density at radius 1 is 1.04 bits per heavy atom. The second-order valence-electron chi connectivity index (χ2n) is 6.67. The van der Waals surface area contributed by atoms with Gasteiger partial charge >= 0.3 is 0 Å². The molecule has 1 amide bonds. The molecule has 150 valence electrons. The van der Waals surface area contributed by atoms with Crippen LogP contribution in [0.5, 0.6) is 11.5 Å². The van der Waals surface area contributed by atoms with E-state index in [0.717, 1.165) is 11.1 Å². The molecule has 0 unspecified atom stereocenters. The Bertz CT molecular complexity index is 973. The number of carbonyl (C=O) groups excluding carboxylic acids is 1. The average molecular weight is 404 g/mol. The number of aryl methyl sites for hydroxylation is 2. The summed E-state index contributed by atoms with van der Waals surface area (Å²) >= 11 is 0. The summed E-state index contributed by atoms with van der Waals surface area (Å²) < 4.78 is 38.2. The molecule has 0 fully saturated rings. The molecule has 2 aromatic carbocycles. The van der Waals surface area contributed by atoms with Gasteiger partial charge in [0.25, 0.3) is 0 Å². The molecular weight excluding hydrogens is 380 g/mol. The van der Waals surface area contributed by atoms with Crippen molar-refractivity contribution < 1.29 is 22.7 Å². The summed E-state index contributed by atoms with van der Waals surface area (Å²) in [5.41, 5.74) is 2.55. The van der Waals surface area contributed by atoms with E-state index in [0.29, 0.717) is 36.8 Å². The SMILES string of the molecule is Cc1ccc(S(=O)(=O)NCCC(=O)NCc2ccc3c(c2)OCCO3)c(C)c1. The lowest BCUT2D eigenvalue weighted by Crippen LogP contribution is -2.31. The van der Waals surface area contributed by atoms with Gasteiger partial charge in [0.15, 0.2) is 11.5 Å². The first-order valence-electron chi connectivity index (χ1n) is 9.07. The zero-order valence-corrected chi connectivity index (χ0v) is 16.8. The number of fused-ring (bicyclic) bond motifs is 1. The van der Waals surface area contributed by atoms with Crippen LogP contribution in [-0.2, 0) is 21.4 Å². The highest BCUT2D eigenvalue weighted by Gasteiger charge is 2.17. The lowest BCUT2D eigenvalue weighted by molar-refractivity contribution is -0.121. The van der Waals surface area contributed by atoms with Crippen LogP contribution in [-0.4, -0.2) is 34.1 Å². The number of rotatable bonds is 7. The van der Waals surface area contributed by atoms with E-state index in [9.17, 15) is 13.2 Å². The highest BCUT2D eigenvalue weighted by Crippen LogP contribution is 2.30. The molecule has 2 aromatic rings. The van der Waals surface area contributed by atoms with Crippen molar-refractivity contribution in [1.82, 2.24) is 10.0 Å². The van der Waals surface area contributed by atoms with Crippen LogP contribution in [0.15, 0.2) is 41.3 Å². The van der Waals surface area contributed by atoms with Crippen molar-refractivity contribution >= 4 is 15.9 Å². The minimum absolute atomic E-state index is 0.0304. The third kappa shape index (κ3) is 5.02. The number of hydrogen-bond donors (Lipinski definition) is 2. The number of nitrogens with one attached hydrogen (secondary N) is 2. The van der Waals surface area contributed by atoms with Gasteiger partial charge in [-0.3, -0.25) is 4.79 Å². The first kappa shape index (κ1) is 20.2. The molecule has 1 aliphatic heterocycles. The van der Waals surface area contributed by atoms with Gasteiger partial charge in [-0.05, 0) is 43.2 Å². The lowest BCUT2D eigenvalue weighted by atomic mass is 10.2. The monoisotopic (exact) mass is 404 g/mol. The minimum atomic E-state index is -3.64. The fraction of sp³-hybridized carbons (Fsp3) is 0.350. The van der Waals surface area contributed by atoms with Crippen LogP contribution in [0.2, 0.25) is 0 Å². The Morgan fingerprint density at radius 3 is 2.54 bits per heavy atom. The molecule has 0 saturated carbocycles. The second-order valence-corrected chi connectivity index (χ2v) is 8.41. The number of benzene rings is 2. The van der Waals surface area contributed by atoms with Crippen molar-refractivity contribution in [3.63, 3.8) is 0 Å². The summed E-state index contributed by atoms with van der Waals surface area (Å²) in [6.45, 7) is 5.05. The van der Waals surface area contributed by atoms with Gasteiger partial charge in [-0.1, -0.05) is 23.8 Å². The standard InChI is InChI=1S/C20H24N2O5S/c1-14-3-6-19(15(2)11-14)28(24,25)22-8-7-20(23)21-13-16-4-5-17-18(12-16)27-10-9-26-17/h3-6,11-12,22H,7-10,13H2,1-2H3,(H,21,23). The van der Waals surface area contributed by atoms with Crippen LogP contribution in [0.1, 0.15) is 23.1 Å². The fourth-order valence-electron chi connectivity index (χ4n) is 2.96. The first-order chi connectivity index (χ1) is 13.3. The molecule has 28 heavy (non-hydrogen) atoms. The number of amides is 1. The fourth-order valence-corrected chi connectivity index (χ4v) is 4.22. The van der Waals surface area contributed by atoms with E-state index in [1.54, 1.807) is 19.1 Å². The van der Waals surface area contributed by atoms with E-state index in [1.807, 2.05) is 31.2 Å². The van der Waals surface area contributed by atoms with Crippen LogP contribution < -0.4 is 19.5 Å². The molecule has 7 nitrogen and oxygen atoms in total. The quantitative estimate of drug-likeness (QED) is 0.737. The third-order valence-corrected chi connectivity index (χ3v) is 5.98. The summed E-state index contributed by atoms with van der Waals surface area (Å²) in [5.74, 6) is 1.12. The molecule has 8 heteroatoms. The summed E-state index contributed by atoms with van der Waals surface area (Å²) in [6, 6.07) is 10.6. The van der Waals surface area contributed by atoms with Gasteiger partial charge in [-0.15, -0.1) is 0 Å². The summed E-state index contributed by atoms with van der Waals surface area (Å²) in [4.78, 5) is 12.3. The Kier molecular flexibility index (Phi) is 6.21. The Balaban J connectivity index is 1.48. The Labute approximate surface area is 165 Å². The van der Waals surface area contributed by atoms with Crippen LogP contribution in [0.4, 0.5) is 0 Å². The molecule has 0 aromatic heterocycles. The van der Waals surface area contributed by atoms with E-state index in [1.165, 1.54) is 0 Å². The highest BCUT2D eigenvalue weighted by atomic mass is 32.2.